The zero-order valence-electron chi connectivity index (χ0n) is 10.1. The first-order valence-corrected chi connectivity index (χ1v) is 5.88. The van der Waals surface area contributed by atoms with E-state index in [1.807, 2.05) is 42.5 Å². The lowest BCUT2D eigenvalue weighted by Crippen LogP contribution is -1.99. The lowest BCUT2D eigenvalue weighted by molar-refractivity contribution is 0.578. The third-order valence-electron chi connectivity index (χ3n) is 3.03. The summed E-state index contributed by atoms with van der Waals surface area (Å²) >= 11 is 0. The van der Waals surface area contributed by atoms with E-state index in [1.54, 1.807) is 12.1 Å². The van der Waals surface area contributed by atoms with Crippen LogP contribution in [0.15, 0.2) is 59.0 Å². The van der Waals surface area contributed by atoms with E-state index >= 15 is 0 Å². The first-order valence-electron chi connectivity index (χ1n) is 5.88. The first-order chi connectivity index (χ1) is 8.74. The fraction of sp³-hybridized carbons (Fsp3) is 0.0625. The van der Waals surface area contributed by atoms with Gasteiger partial charge in [-0.05, 0) is 30.7 Å². The Morgan fingerprint density at radius 3 is 2.44 bits per heavy atom. The second-order valence-electron chi connectivity index (χ2n) is 4.37. The number of rotatable bonds is 1. The van der Waals surface area contributed by atoms with Crippen LogP contribution in [0, 0.1) is 12.3 Å². The second-order valence-corrected chi connectivity index (χ2v) is 4.37. The highest BCUT2D eigenvalue weighted by atomic mass is 16.3. The molecule has 18 heavy (non-hydrogen) atoms. The van der Waals surface area contributed by atoms with Crippen LogP contribution in [0.25, 0.3) is 22.6 Å². The van der Waals surface area contributed by atoms with Gasteiger partial charge >= 0.3 is 0 Å². The maximum atomic E-state index is 7.66. The maximum absolute atomic E-state index is 7.66. The molecule has 0 spiro atoms. The quantitative estimate of drug-likeness (QED) is 0.683. The smallest absolute Gasteiger partial charge is 0.137 e. The van der Waals surface area contributed by atoms with Gasteiger partial charge in [0.05, 0.1) is 5.36 Å². The van der Waals surface area contributed by atoms with Crippen LogP contribution in [-0.4, -0.2) is 0 Å². The summed E-state index contributed by atoms with van der Waals surface area (Å²) in [5.74, 6) is 1.60. The SMILES string of the molecule is Cc1cc(-c2ccccc2)oc2cc(=N)ccc1-2. The summed E-state index contributed by atoms with van der Waals surface area (Å²) in [6.07, 6.45) is 0. The Hall–Kier alpha value is -2.35. The predicted octanol–water partition coefficient (Wildman–Crippen LogP) is 3.84. The zero-order valence-corrected chi connectivity index (χ0v) is 10.1. The minimum atomic E-state index is 0.468. The van der Waals surface area contributed by atoms with Crippen molar-refractivity contribution in [2.24, 2.45) is 0 Å². The van der Waals surface area contributed by atoms with E-state index in [0.29, 0.717) is 5.36 Å². The topological polar surface area (TPSA) is 37.0 Å². The van der Waals surface area contributed by atoms with Gasteiger partial charge in [-0.2, -0.15) is 0 Å². The van der Waals surface area contributed by atoms with Gasteiger partial charge in [-0.25, -0.2) is 0 Å². The minimum absolute atomic E-state index is 0.468. The Morgan fingerprint density at radius 2 is 1.67 bits per heavy atom. The minimum Gasteiger partial charge on any atom is -0.456 e. The van der Waals surface area contributed by atoms with Gasteiger partial charge in [0.1, 0.15) is 11.5 Å². The van der Waals surface area contributed by atoms with Crippen LogP contribution in [0.2, 0.25) is 0 Å². The number of nitrogens with one attached hydrogen (secondary N) is 1. The lowest BCUT2D eigenvalue weighted by Gasteiger charge is -2.11. The van der Waals surface area contributed by atoms with Gasteiger partial charge in [0.25, 0.3) is 0 Å². The van der Waals surface area contributed by atoms with Gasteiger partial charge in [-0.1, -0.05) is 30.3 Å². The van der Waals surface area contributed by atoms with Gasteiger partial charge in [0, 0.05) is 17.2 Å². The summed E-state index contributed by atoms with van der Waals surface area (Å²) in [5.41, 5.74) is 3.28. The van der Waals surface area contributed by atoms with Crippen molar-refractivity contribution in [1.29, 1.82) is 5.41 Å². The molecule has 2 heteroatoms. The monoisotopic (exact) mass is 235 g/mol. The molecule has 1 aromatic rings. The first kappa shape index (κ1) is 10.8. The molecule has 1 N–H and O–H groups in total. The molecule has 1 aliphatic carbocycles. The Bertz CT molecular complexity index is 713. The van der Waals surface area contributed by atoms with Crippen molar-refractivity contribution >= 4 is 0 Å². The largest absolute Gasteiger partial charge is 0.456 e. The number of benzene rings is 2. The van der Waals surface area contributed by atoms with Crippen LogP contribution in [-0.2, 0) is 0 Å². The second kappa shape index (κ2) is 4.15. The van der Waals surface area contributed by atoms with Gasteiger partial charge in [0.2, 0.25) is 0 Å². The molecule has 0 saturated heterocycles. The summed E-state index contributed by atoms with van der Waals surface area (Å²) in [6, 6.07) is 17.5. The summed E-state index contributed by atoms with van der Waals surface area (Å²) in [7, 11) is 0. The van der Waals surface area contributed by atoms with Crippen LogP contribution in [0.3, 0.4) is 0 Å². The van der Waals surface area contributed by atoms with E-state index in [9.17, 15) is 0 Å². The summed E-state index contributed by atoms with van der Waals surface area (Å²) in [4.78, 5) is 0. The van der Waals surface area contributed by atoms with E-state index in [4.69, 9.17) is 9.83 Å². The fourth-order valence-electron chi connectivity index (χ4n) is 2.10. The highest BCUT2D eigenvalue weighted by Gasteiger charge is 2.10. The third kappa shape index (κ3) is 1.82. The van der Waals surface area contributed by atoms with Gasteiger partial charge in [-0.3, -0.25) is 0 Å². The molecular formula is C16H13NO. The molecule has 0 saturated carbocycles. The van der Waals surface area contributed by atoms with E-state index < -0.39 is 0 Å². The molecule has 3 rings (SSSR count). The molecular weight excluding hydrogens is 222 g/mol. The Kier molecular flexibility index (Phi) is 2.49. The molecule has 0 fully saturated rings. The molecule has 0 atom stereocenters. The van der Waals surface area contributed by atoms with Crippen LogP contribution < -0.4 is 5.36 Å². The molecule has 2 aliphatic rings. The number of hydrogen-bond acceptors (Lipinski definition) is 2. The van der Waals surface area contributed by atoms with Crippen molar-refractivity contribution in [2.75, 3.05) is 0 Å². The van der Waals surface area contributed by atoms with E-state index in [-0.39, 0.29) is 0 Å². The van der Waals surface area contributed by atoms with E-state index in [1.165, 1.54) is 0 Å². The highest BCUT2D eigenvalue weighted by Crippen LogP contribution is 2.30. The summed E-state index contributed by atoms with van der Waals surface area (Å²) in [5, 5.41) is 8.13. The van der Waals surface area contributed by atoms with Gasteiger partial charge in [0.15, 0.2) is 0 Å². The molecule has 2 nitrogen and oxygen atoms in total. The van der Waals surface area contributed by atoms with Crippen molar-refractivity contribution in [3.05, 3.63) is 65.5 Å². The third-order valence-corrected chi connectivity index (χ3v) is 3.03. The molecule has 1 aliphatic heterocycles. The van der Waals surface area contributed by atoms with Crippen molar-refractivity contribution in [3.8, 4) is 22.6 Å². The molecule has 88 valence electrons. The lowest BCUT2D eigenvalue weighted by atomic mass is 10.0. The average Bonchev–Trinajstić information content (AvgIpc) is 2.39. The summed E-state index contributed by atoms with van der Waals surface area (Å²) < 4.78 is 5.89. The maximum Gasteiger partial charge on any atom is 0.137 e. The molecule has 1 aromatic carbocycles. The van der Waals surface area contributed by atoms with E-state index in [2.05, 4.69) is 6.92 Å². The number of hydrogen-bond donors (Lipinski definition) is 1. The van der Waals surface area contributed by atoms with Gasteiger partial charge in [-0.15, -0.1) is 0 Å². The van der Waals surface area contributed by atoms with Gasteiger partial charge < -0.3 is 9.83 Å². The number of fused-ring (bicyclic) bond motifs is 1. The standard InChI is InChI=1S/C16H13NO/c1-11-9-15(12-5-3-2-4-6-12)18-16-10-13(17)7-8-14(11)16/h2-10,17H,1H3. The van der Waals surface area contributed by atoms with Crippen molar-refractivity contribution in [2.45, 2.75) is 6.92 Å². The fourth-order valence-corrected chi connectivity index (χ4v) is 2.10. The Labute approximate surface area is 105 Å². The van der Waals surface area contributed by atoms with Crippen LogP contribution in [0.1, 0.15) is 5.56 Å². The molecule has 1 heterocycles. The normalized spacial score (nSPS) is 10.7. The van der Waals surface area contributed by atoms with Crippen LogP contribution in [0.5, 0.6) is 0 Å². The molecule has 0 amide bonds. The molecule has 0 aromatic heterocycles. The van der Waals surface area contributed by atoms with Crippen molar-refractivity contribution in [1.82, 2.24) is 0 Å². The van der Waals surface area contributed by atoms with Crippen LogP contribution >= 0.6 is 0 Å². The highest BCUT2D eigenvalue weighted by molar-refractivity contribution is 5.68. The predicted molar refractivity (Wildman–Crippen MR) is 71.4 cm³/mol. The Balaban J connectivity index is 2.28. The molecule has 0 unspecified atom stereocenters. The Morgan fingerprint density at radius 1 is 0.889 bits per heavy atom. The average molecular weight is 235 g/mol. The van der Waals surface area contributed by atoms with Crippen molar-refractivity contribution < 1.29 is 4.42 Å². The summed E-state index contributed by atoms with van der Waals surface area (Å²) in [6.45, 7) is 2.06. The molecule has 0 radical (unpaired) electrons. The van der Waals surface area contributed by atoms with Crippen molar-refractivity contribution in [3.63, 3.8) is 0 Å². The van der Waals surface area contributed by atoms with E-state index in [0.717, 1.165) is 28.2 Å². The molecule has 0 bridgehead atoms. The van der Waals surface area contributed by atoms with Crippen LogP contribution in [0.4, 0.5) is 0 Å². The zero-order chi connectivity index (χ0) is 12.5. The number of aryl methyl sites for hydroxylation is 1.